The molecule has 26 heavy (non-hydrogen) atoms. The molecule has 0 N–H and O–H groups in total. The van der Waals surface area contributed by atoms with E-state index in [1.807, 2.05) is 31.2 Å². The summed E-state index contributed by atoms with van der Waals surface area (Å²) in [5.74, 6) is 1.82. The Morgan fingerprint density at radius 2 is 1.81 bits per heavy atom. The lowest BCUT2D eigenvalue weighted by Gasteiger charge is -2.04. The van der Waals surface area contributed by atoms with Crippen LogP contribution in [0.15, 0.2) is 52.9 Å². The number of carbonyl (C=O) groups excluding carboxylic acids is 1. The number of carbonyl (C=O) groups is 1. The summed E-state index contributed by atoms with van der Waals surface area (Å²) in [5.41, 5.74) is 3.29. The van der Waals surface area contributed by atoms with E-state index in [0.29, 0.717) is 35.8 Å². The van der Waals surface area contributed by atoms with Crippen molar-refractivity contribution in [1.29, 1.82) is 0 Å². The highest BCUT2D eigenvalue weighted by Crippen LogP contribution is 2.37. The minimum Gasteiger partial charge on any atom is -0.462 e. The van der Waals surface area contributed by atoms with Crippen LogP contribution in [-0.2, 0) is 4.74 Å². The fourth-order valence-electron chi connectivity index (χ4n) is 2.91. The van der Waals surface area contributed by atoms with Gasteiger partial charge in [0.25, 0.3) is 0 Å². The third-order valence-corrected chi connectivity index (χ3v) is 4.87. The second-order valence-electron chi connectivity index (χ2n) is 6.88. The van der Waals surface area contributed by atoms with Gasteiger partial charge in [0.1, 0.15) is 0 Å². The molecule has 132 valence electrons. The van der Waals surface area contributed by atoms with Crippen molar-refractivity contribution in [3.8, 4) is 22.9 Å². The van der Waals surface area contributed by atoms with Crippen LogP contribution in [0.2, 0.25) is 0 Å². The number of rotatable bonds is 5. The van der Waals surface area contributed by atoms with E-state index in [1.165, 1.54) is 0 Å². The van der Waals surface area contributed by atoms with E-state index < -0.39 is 0 Å². The van der Waals surface area contributed by atoms with Crippen LogP contribution in [0.25, 0.3) is 22.9 Å². The first kappa shape index (κ1) is 16.5. The average molecular weight is 348 g/mol. The molecule has 1 fully saturated rings. The molecule has 0 spiro atoms. The molecule has 3 aromatic rings. The van der Waals surface area contributed by atoms with Gasteiger partial charge in [-0.3, -0.25) is 0 Å². The van der Waals surface area contributed by atoms with Crippen LogP contribution < -0.4 is 0 Å². The standard InChI is InChI=1S/C21H20N2O3/c1-13-5-3-4-6-18(13)20-23-22-19(26-20)15-7-9-16(10-8-15)21(24)25-12-17-11-14(17)2/h3-10,14,17H,11-12H2,1-2H3/t14-,17-/m0/s1. The molecule has 0 aliphatic heterocycles. The summed E-state index contributed by atoms with van der Waals surface area (Å²) < 4.78 is 11.2. The number of aryl methyl sites for hydroxylation is 1. The summed E-state index contributed by atoms with van der Waals surface area (Å²) >= 11 is 0. The molecule has 0 radical (unpaired) electrons. The average Bonchev–Trinajstić information content (AvgIpc) is 3.16. The van der Waals surface area contributed by atoms with Gasteiger partial charge in [0.15, 0.2) is 0 Å². The Morgan fingerprint density at radius 3 is 2.50 bits per heavy atom. The highest BCUT2D eigenvalue weighted by molar-refractivity contribution is 5.89. The molecule has 2 aromatic carbocycles. The van der Waals surface area contributed by atoms with Gasteiger partial charge < -0.3 is 9.15 Å². The van der Waals surface area contributed by atoms with E-state index in [4.69, 9.17) is 9.15 Å². The molecule has 0 amide bonds. The van der Waals surface area contributed by atoms with E-state index in [9.17, 15) is 4.79 Å². The van der Waals surface area contributed by atoms with Crippen molar-refractivity contribution in [2.45, 2.75) is 20.3 Å². The second-order valence-corrected chi connectivity index (χ2v) is 6.88. The number of nitrogens with zero attached hydrogens (tertiary/aromatic N) is 2. The van der Waals surface area contributed by atoms with Gasteiger partial charge in [0.05, 0.1) is 12.2 Å². The highest BCUT2D eigenvalue weighted by Gasteiger charge is 2.33. The molecule has 1 aromatic heterocycles. The van der Waals surface area contributed by atoms with Crippen molar-refractivity contribution in [3.63, 3.8) is 0 Å². The lowest BCUT2D eigenvalue weighted by molar-refractivity contribution is 0.0481. The molecule has 0 unspecified atom stereocenters. The lowest BCUT2D eigenvalue weighted by atomic mass is 10.1. The van der Waals surface area contributed by atoms with Gasteiger partial charge in [-0.15, -0.1) is 10.2 Å². The molecular weight excluding hydrogens is 328 g/mol. The molecule has 2 atom stereocenters. The molecule has 1 aliphatic carbocycles. The van der Waals surface area contributed by atoms with Gasteiger partial charge in [-0.1, -0.05) is 25.1 Å². The summed E-state index contributed by atoms with van der Waals surface area (Å²) in [6.45, 7) is 4.68. The number of benzene rings is 2. The summed E-state index contributed by atoms with van der Waals surface area (Å²) in [6, 6.07) is 14.9. The number of ether oxygens (including phenoxy) is 1. The van der Waals surface area contributed by atoms with Crippen LogP contribution in [0, 0.1) is 18.8 Å². The molecule has 0 bridgehead atoms. The smallest absolute Gasteiger partial charge is 0.338 e. The third kappa shape index (κ3) is 3.38. The number of hydrogen-bond acceptors (Lipinski definition) is 5. The zero-order valence-corrected chi connectivity index (χ0v) is 14.8. The second kappa shape index (κ2) is 6.75. The van der Waals surface area contributed by atoms with E-state index >= 15 is 0 Å². The predicted molar refractivity (Wildman–Crippen MR) is 97.5 cm³/mol. The number of aromatic nitrogens is 2. The summed E-state index contributed by atoms with van der Waals surface area (Å²) in [7, 11) is 0. The molecule has 0 saturated heterocycles. The summed E-state index contributed by atoms with van der Waals surface area (Å²) in [5, 5.41) is 8.26. The Bertz CT molecular complexity index is 930. The van der Waals surface area contributed by atoms with E-state index in [0.717, 1.165) is 23.1 Å². The van der Waals surface area contributed by atoms with Gasteiger partial charge in [-0.25, -0.2) is 4.79 Å². The Labute approximate surface area is 152 Å². The first-order valence-corrected chi connectivity index (χ1v) is 8.79. The zero-order chi connectivity index (χ0) is 18.1. The van der Waals surface area contributed by atoms with Crippen LogP contribution in [0.1, 0.15) is 29.3 Å². The van der Waals surface area contributed by atoms with Crippen molar-refractivity contribution in [1.82, 2.24) is 10.2 Å². The van der Waals surface area contributed by atoms with Gasteiger partial charge in [-0.05, 0) is 61.1 Å². The van der Waals surface area contributed by atoms with Gasteiger partial charge >= 0.3 is 5.97 Å². The summed E-state index contributed by atoms with van der Waals surface area (Å²) in [6.07, 6.45) is 1.15. The highest BCUT2D eigenvalue weighted by atomic mass is 16.5. The first-order chi connectivity index (χ1) is 12.6. The van der Waals surface area contributed by atoms with Crippen LogP contribution in [0.3, 0.4) is 0 Å². The molecule has 1 heterocycles. The maximum Gasteiger partial charge on any atom is 0.338 e. The normalized spacial score (nSPS) is 18.5. The maximum atomic E-state index is 12.1. The SMILES string of the molecule is Cc1ccccc1-c1nnc(-c2ccc(C(=O)OC[C@@H]3C[C@@H]3C)cc2)o1. The predicted octanol–water partition coefficient (Wildman–Crippen LogP) is 4.52. The van der Waals surface area contributed by atoms with Crippen molar-refractivity contribution < 1.29 is 13.9 Å². The van der Waals surface area contributed by atoms with Crippen molar-refractivity contribution in [3.05, 3.63) is 59.7 Å². The van der Waals surface area contributed by atoms with Crippen molar-refractivity contribution in [2.75, 3.05) is 6.61 Å². The minimum absolute atomic E-state index is 0.290. The number of esters is 1. The Morgan fingerprint density at radius 1 is 1.12 bits per heavy atom. The minimum atomic E-state index is -0.290. The molecule has 5 nitrogen and oxygen atoms in total. The molecule has 4 rings (SSSR count). The lowest BCUT2D eigenvalue weighted by Crippen LogP contribution is -2.07. The largest absolute Gasteiger partial charge is 0.462 e. The fraction of sp³-hybridized carbons (Fsp3) is 0.286. The Kier molecular flexibility index (Phi) is 4.29. The monoisotopic (exact) mass is 348 g/mol. The van der Waals surface area contributed by atoms with Gasteiger partial charge in [-0.2, -0.15) is 0 Å². The van der Waals surface area contributed by atoms with Crippen LogP contribution in [0.5, 0.6) is 0 Å². The van der Waals surface area contributed by atoms with E-state index in [-0.39, 0.29) is 5.97 Å². The Balaban J connectivity index is 1.47. The molecule has 1 aliphatic rings. The topological polar surface area (TPSA) is 65.2 Å². The molecule has 5 heteroatoms. The quantitative estimate of drug-likeness (QED) is 0.634. The van der Waals surface area contributed by atoms with Crippen LogP contribution in [-0.4, -0.2) is 22.8 Å². The zero-order valence-electron chi connectivity index (χ0n) is 14.8. The van der Waals surface area contributed by atoms with E-state index in [1.54, 1.807) is 24.3 Å². The van der Waals surface area contributed by atoms with Gasteiger partial charge in [0, 0.05) is 11.1 Å². The van der Waals surface area contributed by atoms with Crippen molar-refractivity contribution in [2.24, 2.45) is 11.8 Å². The fourth-order valence-corrected chi connectivity index (χ4v) is 2.91. The molecular formula is C21H20N2O3. The number of hydrogen-bond donors (Lipinski definition) is 0. The maximum absolute atomic E-state index is 12.1. The van der Waals surface area contributed by atoms with Crippen molar-refractivity contribution >= 4 is 5.97 Å². The van der Waals surface area contributed by atoms with Crippen LogP contribution in [0.4, 0.5) is 0 Å². The van der Waals surface area contributed by atoms with Crippen LogP contribution >= 0.6 is 0 Å². The Hall–Kier alpha value is -2.95. The van der Waals surface area contributed by atoms with Gasteiger partial charge in [0.2, 0.25) is 11.8 Å². The molecule has 1 saturated carbocycles. The third-order valence-electron chi connectivity index (χ3n) is 4.87. The first-order valence-electron chi connectivity index (χ1n) is 8.79. The van der Waals surface area contributed by atoms with E-state index in [2.05, 4.69) is 17.1 Å². The summed E-state index contributed by atoms with van der Waals surface area (Å²) in [4.78, 5) is 12.1.